The van der Waals surface area contributed by atoms with E-state index in [1.165, 1.54) is 51.4 Å². The molecule has 0 heterocycles. The van der Waals surface area contributed by atoms with Crippen molar-refractivity contribution >= 4 is 5.97 Å². The minimum atomic E-state index is -0.662. The maximum absolute atomic E-state index is 11.1. The van der Waals surface area contributed by atoms with E-state index in [0.717, 1.165) is 12.5 Å². The van der Waals surface area contributed by atoms with E-state index in [0.29, 0.717) is 17.4 Å². The van der Waals surface area contributed by atoms with E-state index in [9.17, 15) is 9.90 Å². The molecule has 0 saturated heterocycles. The average Bonchev–Trinajstić information content (AvgIpc) is 2.90. The summed E-state index contributed by atoms with van der Waals surface area (Å²) < 4.78 is 0. The highest BCUT2D eigenvalue weighted by Gasteiger charge is 2.32. The van der Waals surface area contributed by atoms with Crippen LogP contribution < -0.4 is 0 Å². The first kappa shape index (κ1) is 16.8. The molecule has 1 N–H and O–H groups in total. The summed E-state index contributed by atoms with van der Waals surface area (Å²) >= 11 is 0. The fraction of sp³-hybridized carbons (Fsp3) is 0.944. The first-order valence-electron chi connectivity index (χ1n) is 8.82. The maximum Gasteiger partial charge on any atom is 0.317 e. The molecule has 0 bridgehead atoms. The molecule has 0 amide bonds. The van der Waals surface area contributed by atoms with Gasteiger partial charge < -0.3 is 5.11 Å². The van der Waals surface area contributed by atoms with Gasteiger partial charge in [0.25, 0.3) is 0 Å². The van der Waals surface area contributed by atoms with E-state index >= 15 is 0 Å². The van der Waals surface area contributed by atoms with Crippen LogP contribution in [0, 0.1) is 17.3 Å². The van der Waals surface area contributed by atoms with Crippen LogP contribution in [0.4, 0.5) is 0 Å². The second kappa shape index (κ2) is 7.13. The van der Waals surface area contributed by atoms with Crippen molar-refractivity contribution in [3.8, 4) is 0 Å². The zero-order chi connectivity index (χ0) is 15.5. The normalized spacial score (nSPS) is 28.2. The smallest absolute Gasteiger partial charge is 0.317 e. The first-order chi connectivity index (χ1) is 9.86. The molecule has 2 rings (SSSR count). The molecule has 3 heteroatoms. The third kappa shape index (κ3) is 4.98. The highest BCUT2D eigenvalue weighted by atomic mass is 16.4. The number of aliphatic carboxylic acids is 1. The molecule has 0 aromatic heterocycles. The summed E-state index contributed by atoms with van der Waals surface area (Å²) in [4.78, 5) is 13.4. The molecule has 122 valence electrons. The van der Waals surface area contributed by atoms with Crippen molar-refractivity contribution in [1.82, 2.24) is 4.90 Å². The van der Waals surface area contributed by atoms with Gasteiger partial charge in [0.2, 0.25) is 0 Å². The summed E-state index contributed by atoms with van der Waals surface area (Å²) in [6.45, 7) is 8.31. The number of carbonyl (C=O) groups is 1. The molecule has 21 heavy (non-hydrogen) atoms. The summed E-state index contributed by atoms with van der Waals surface area (Å²) in [5, 5.41) is 9.18. The number of hydrogen-bond acceptors (Lipinski definition) is 2. The first-order valence-corrected chi connectivity index (χ1v) is 8.82. The summed E-state index contributed by atoms with van der Waals surface area (Å²) in [6, 6.07) is 0.529. The Kier molecular flexibility index (Phi) is 5.70. The lowest BCUT2D eigenvalue weighted by Gasteiger charge is -2.39. The Morgan fingerprint density at radius 3 is 2.10 bits per heavy atom. The number of carboxylic acids is 1. The predicted octanol–water partition coefficient (Wildman–Crippen LogP) is 4.17. The van der Waals surface area contributed by atoms with Crippen LogP contribution in [0.25, 0.3) is 0 Å². The van der Waals surface area contributed by atoms with Gasteiger partial charge in [-0.3, -0.25) is 9.69 Å². The molecule has 0 radical (unpaired) electrons. The molecule has 0 aromatic carbocycles. The fourth-order valence-electron chi connectivity index (χ4n) is 4.33. The number of hydrogen-bond donors (Lipinski definition) is 1. The fourth-order valence-corrected chi connectivity index (χ4v) is 4.33. The van der Waals surface area contributed by atoms with Crippen LogP contribution in [0.15, 0.2) is 0 Å². The molecule has 0 spiro atoms. The molecular weight excluding hydrogens is 262 g/mol. The van der Waals surface area contributed by atoms with E-state index in [1.807, 2.05) is 0 Å². The minimum Gasteiger partial charge on any atom is -0.480 e. The standard InChI is InChI=1S/C18H33NO2/c1-18(2,3)15-10-8-14(9-11-15)12-19(13-17(20)21)16-6-4-5-7-16/h14-16H,4-13H2,1-3H3,(H,20,21). The third-order valence-corrected chi connectivity index (χ3v) is 5.74. The summed E-state index contributed by atoms with van der Waals surface area (Å²) in [5.41, 5.74) is 0.428. The van der Waals surface area contributed by atoms with Gasteiger partial charge in [-0.05, 0) is 55.8 Å². The molecule has 2 aliphatic rings. The molecule has 0 aliphatic heterocycles. The molecule has 3 nitrogen and oxygen atoms in total. The second-order valence-electron chi connectivity index (χ2n) is 8.35. The van der Waals surface area contributed by atoms with Crippen molar-refractivity contribution in [1.29, 1.82) is 0 Å². The van der Waals surface area contributed by atoms with Crippen LogP contribution >= 0.6 is 0 Å². The van der Waals surface area contributed by atoms with E-state index in [-0.39, 0.29) is 6.54 Å². The van der Waals surface area contributed by atoms with Gasteiger partial charge >= 0.3 is 5.97 Å². The number of rotatable bonds is 5. The molecule has 2 saturated carbocycles. The predicted molar refractivity (Wildman–Crippen MR) is 86.4 cm³/mol. The van der Waals surface area contributed by atoms with Gasteiger partial charge in [-0.1, -0.05) is 33.6 Å². The van der Waals surface area contributed by atoms with Crippen molar-refractivity contribution in [2.45, 2.75) is 78.2 Å². The highest BCUT2D eigenvalue weighted by Crippen LogP contribution is 2.40. The second-order valence-corrected chi connectivity index (χ2v) is 8.35. The molecule has 0 aromatic rings. The van der Waals surface area contributed by atoms with E-state index in [1.54, 1.807) is 0 Å². The van der Waals surface area contributed by atoms with Gasteiger partial charge in [-0.15, -0.1) is 0 Å². The Hall–Kier alpha value is -0.570. The largest absolute Gasteiger partial charge is 0.480 e. The topological polar surface area (TPSA) is 40.5 Å². The van der Waals surface area contributed by atoms with Gasteiger partial charge in [0.05, 0.1) is 6.54 Å². The molecule has 2 aliphatic carbocycles. The summed E-state index contributed by atoms with van der Waals surface area (Å²) in [7, 11) is 0. The number of nitrogens with zero attached hydrogens (tertiary/aromatic N) is 1. The highest BCUT2D eigenvalue weighted by molar-refractivity contribution is 5.69. The van der Waals surface area contributed by atoms with Gasteiger partial charge in [-0.25, -0.2) is 0 Å². The lowest BCUT2D eigenvalue weighted by atomic mass is 9.70. The maximum atomic E-state index is 11.1. The van der Waals surface area contributed by atoms with Crippen LogP contribution in [0.3, 0.4) is 0 Å². The Morgan fingerprint density at radius 1 is 1.05 bits per heavy atom. The van der Waals surface area contributed by atoms with Crippen LogP contribution in [0.5, 0.6) is 0 Å². The van der Waals surface area contributed by atoms with E-state index in [4.69, 9.17) is 0 Å². The van der Waals surface area contributed by atoms with Crippen molar-refractivity contribution < 1.29 is 9.90 Å². The molecule has 0 unspecified atom stereocenters. The third-order valence-electron chi connectivity index (χ3n) is 5.74. The van der Waals surface area contributed by atoms with Crippen molar-refractivity contribution in [3.05, 3.63) is 0 Å². The Bertz CT molecular complexity index is 334. The Morgan fingerprint density at radius 2 is 1.62 bits per heavy atom. The zero-order valence-electron chi connectivity index (χ0n) is 14.1. The lowest BCUT2D eigenvalue weighted by Crippen LogP contribution is -2.41. The number of carboxylic acid groups (broad SMARTS) is 1. The van der Waals surface area contributed by atoms with Gasteiger partial charge in [0, 0.05) is 12.6 Å². The minimum absolute atomic E-state index is 0.240. The molecule has 0 atom stereocenters. The average molecular weight is 295 g/mol. The van der Waals surface area contributed by atoms with Crippen LogP contribution in [-0.4, -0.2) is 35.1 Å². The summed E-state index contributed by atoms with van der Waals surface area (Å²) in [6.07, 6.45) is 10.2. The monoisotopic (exact) mass is 295 g/mol. The van der Waals surface area contributed by atoms with Gasteiger partial charge in [-0.2, -0.15) is 0 Å². The van der Waals surface area contributed by atoms with E-state index < -0.39 is 5.97 Å². The van der Waals surface area contributed by atoms with E-state index in [2.05, 4.69) is 25.7 Å². The van der Waals surface area contributed by atoms with Crippen molar-refractivity contribution in [2.24, 2.45) is 17.3 Å². The quantitative estimate of drug-likeness (QED) is 0.827. The SMILES string of the molecule is CC(C)(C)C1CCC(CN(CC(=O)O)C2CCCC2)CC1. The van der Waals surface area contributed by atoms with Gasteiger partial charge in [0.1, 0.15) is 0 Å². The zero-order valence-corrected chi connectivity index (χ0v) is 14.1. The lowest BCUT2D eigenvalue weighted by molar-refractivity contribution is -0.139. The summed E-state index contributed by atoms with van der Waals surface area (Å²) in [5.74, 6) is 0.891. The van der Waals surface area contributed by atoms with Crippen LogP contribution in [0.1, 0.15) is 72.1 Å². The van der Waals surface area contributed by atoms with Crippen LogP contribution in [-0.2, 0) is 4.79 Å². The Balaban J connectivity index is 1.85. The molecule has 2 fully saturated rings. The van der Waals surface area contributed by atoms with Crippen molar-refractivity contribution in [2.75, 3.05) is 13.1 Å². The Labute approximate surface area is 130 Å². The van der Waals surface area contributed by atoms with Crippen molar-refractivity contribution in [3.63, 3.8) is 0 Å². The van der Waals surface area contributed by atoms with Gasteiger partial charge in [0.15, 0.2) is 0 Å². The molecular formula is C18H33NO2. The van der Waals surface area contributed by atoms with Crippen LogP contribution in [0.2, 0.25) is 0 Å².